The van der Waals surface area contributed by atoms with Crippen molar-refractivity contribution in [2.75, 3.05) is 5.32 Å². The van der Waals surface area contributed by atoms with E-state index in [-0.39, 0.29) is 12.1 Å². The van der Waals surface area contributed by atoms with E-state index in [2.05, 4.69) is 10.2 Å². The molecule has 0 saturated heterocycles. The van der Waals surface area contributed by atoms with Crippen LogP contribution in [0.1, 0.15) is 37.3 Å². The highest BCUT2D eigenvalue weighted by atomic mass is 35.5. The lowest BCUT2D eigenvalue weighted by Crippen LogP contribution is -2.44. The number of amides is 2. The first-order valence-corrected chi connectivity index (χ1v) is 7.00. The molecule has 1 aromatic carbocycles. The SMILES string of the molecule is O=C1Nc2ccc(Cl)cc2C(C2CC2)N1C1CC1. The Hall–Kier alpha value is -1.22. The van der Waals surface area contributed by atoms with Crippen LogP contribution in [0.2, 0.25) is 5.02 Å². The van der Waals surface area contributed by atoms with Gasteiger partial charge in [0, 0.05) is 22.3 Å². The molecule has 2 fully saturated rings. The number of anilines is 1. The molecule has 2 amide bonds. The van der Waals surface area contributed by atoms with Gasteiger partial charge in [-0.3, -0.25) is 0 Å². The number of nitrogens with zero attached hydrogens (tertiary/aromatic N) is 1. The molecule has 1 N–H and O–H groups in total. The monoisotopic (exact) mass is 262 g/mol. The number of halogens is 1. The van der Waals surface area contributed by atoms with Crippen LogP contribution in [-0.4, -0.2) is 17.0 Å². The highest BCUT2D eigenvalue weighted by Gasteiger charge is 2.47. The molecule has 0 bridgehead atoms. The first-order chi connectivity index (χ1) is 8.74. The number of urea groups is 1. The van der Waals surface area contributed by atoms with Gasteiger partial charge in [-0.05, 0) is 49.8 Å². The van der Waals surface area contributed by atoms with Gasteiger partial charge in [-0.15, -0.1) is 0 Å². The number of fused-ring (bicyclic) bond motifs is 1. The highest BCUT2D eigenvalue weighted by Crippen LogP contribution is 2.51. The molecule has 94 valence electrons. The van der Waals surface area contributed by atoms with E-state index in [4.69, 9.17) is 11.6 Å². The lowest BCUT2D eigenvalue weighted by molar-refractivity contribution is 0.170. The molecule has 2 saturated carbocycles. The minimum atomic E-state index is 0.0734. The lowest BCUT2D eigenvalue weighted by Gasteiger charge is -2.38. The Bertz CT molecular complexity index is 523. The van der Waals surface area contributed by atoms with E-state index in [1.165, 1.54) is 18.4 Å². The van der Waals surface area contributed by atoms with Crippen molar-refractivity contribution in [3.05, 3.63) is 28.8 Å². The molecule has 2 aliphatic carbocycles. The van der Waals surface area contributed by atoms with Gasteiger partial charge in [0.25, 0.3) is 0 Å². The highest BCUT2D eigenvalue weighted by molar-refractivity contribution is 6.30. The van der Waals surface area contributed by atoms with E-state index in [9.17, 15) is 4.79 Å². The van der Waals surface area contributed by atoms with Crippen LogP contribution in [0.25, 0.3) is 0 Å². The van der Waals surface area contributed by atoms with Gasteiger partial charge in [-0.25, -0.2) is 4.79 Å². The minimum Gasteiger partial charge on any atom is -0.314 e. The van der Waals surface area contributed by atoms with E-state index in [1.807, 2.05) is 18.2 Å². The zero-order valence-corrected chi connectivity index (χ0v) is 10.8. The van der Waals surface area contributed by atoms with Crippen molar-refractivity contribution in [2.24, 2.45) is 5.92 Å². The average Bonchev–Trinajstić information content (AvgIpc) is 3.20. The number of carbonyl (C=O) groups excluding carboxylic acids is 1. The van der Waals surface area contributed by atoms with Crippen LogP contribution in [0.3, 0.4) is 0 Å². The zero-order valence-electron chi connectivity index (χ0n) is 10.0. The number of hydrogen-bond donors (Lipinski definition) is 1. The van der Waals surface area contributed by atoms with Crippen LogP contribution in [-0.2, 0) is 0 Å². The maximum absolute atomic E-state index is 12.2. The third-order valence-electron chi connectivity index (χ3n) is 4.12. The fraction of sp³-hybridized carbons (Fsp3) is 0.500. The topological polar surface area (TPSA) is 32.3 Å². The van der Waals surface area contributed by atoms with Gasteiger partial charge in [0.05, 0.1) is 6.04 Å². The average molecular weight is 263 g/mol. The normalized spacial score (nSPS) is 26.8. The van der Waals surface area contributed by atoms with E-state index in [1.54, 1.807) is 0 Å². The molecule has 18 heavy (non-hydrogen) atoms. The summed E-state index contributed by atoms with van der Waals surface area (Å²) in [7, 11) is 0. The molecule has 1 unspecified atom stereocenters. The second kappa shape index (κ2) is 3.64. The number of rotatable bonds is 2. The van der Waals surface area contributed by atoms with Crippen LogP contribution in [0.15, 0.2) is 18.2 Å². The fourth-order valence-corrected chi connectivity index (χ4v) is 3.17. The van der Waals surface area contributed by atoms with Crippen molar-refractivity contribution in [1.29, 1.82) is 0 Å². The second-order valence-corrected chi connectivity index (χ2v) is 6.02. The van der Waals surface area contributed by atoms with E-state index in [0.717, 1.165) is 23.6 Å². The molecular weight excluding hydrogens is 248 g/mol. The second-order valence-electron chi connectivity index (χ2n) is 5.58. The molecule has 1 aromatic rings. The van der Waals surface area contributed by atoms with E-state index in [0.29, 0.717) is 12.0 Å². The van der Waals surface area contributed by atoms with Crippen LogP contribution in [0, 0.1) is 5.92 Å². The molecule has 0 aromatic heterocycles. The molecule has 0 radical (unpaired) electrons. The molecule has 4 heteroatoms. The van der Waals surface area contributed by atoms with Gasteiger partial charge in [0.1, 0.15) is 0 Å². The molecule has 0 spiro atoms. The lowest BCUT2D eigenvalue weighted by atomic mass is 9.96. The summed E-state index contributed by atoms with van der Waals surface area (Å²) in [6, 6.07) is 6.56. The van der Waals surface area contributed by atoms with Crippen LogP contribution >= 0.6 is 11.6 Å². The predicted octanol–water partition coefficient (Wildman–Crippen LogP) is 3.80. The summed E-state index contributed by atoms with van der Waals surface area (Å²) in [5.41, 5.74) is 2.15. The largest absolute Gasteiger partial charge is 0.322 e. The quantitative estimate of drug-likeness (QED) is 0.864. The summed E-state index contributed by atoms with van der Waals surface area (Å²) in [6.07, 6.45) is 4.75. The summed E-state index contributed by atoms with van der Waals surface area (Å²) < 4.78 is 0. The van der Waals surface area contributed by atoms with Crippen molar-refractivity contribution in [2.45, 2.75) is 37.8 Å². The third kappa shape index (κ3) is 1.61. The Morgan fingerprint density at radius 2 is 2.00 bits per heavy atom. The van der Waals surface area contributed by atoms with Crippen LogP contribution in [0.4, 0.5) is 10.5 Å². The standard InChI is InChI=1S/C14H15ClN2O/c15-9-3-6-12-11(7-9)13(8-1-2-8)17(10-4-5-10)14(18)16-12/h3,6-8,10,13H,1-2,4-5H2,(H,16,18). The Kier molecular flexibility index (Phi) is 2.16. The van der Waals surface area contributed by atoms with Crippen LogP contribution < -0.4 is 5.32 Å². The zero-order chi connectivity index (χ0) is 12.3. The third-order valence-corrected chi connectivity index (χ3v) is 4.35. The van der Waals surface area contributed by atoms with Crippen molar-refractivity contribution >= 4 is 23.3 Å². The van der Waals surface area contributed by atoms with Gasteiger partial charge in [-0.2, -0.15) is 0 Å². The molecule has 1 heterocycles. The summed E-state index contributed by atoms with van der Waals surface area (Å²) in [5.74, 6) is 0.633. The van der Waals surface area contributed by atoms with Crippen LogP contribution in [0.5, 0.6) is 0 Å². The maximum atomic E-state index is 12.2. The van der Waals surface area contributed by atoms with Gasteiger partial charge in [0.15, 0.2) is 0 Å². The molecular formula is C14H15ClN2O. The molecule has 3 nitrogen and oxygen atoms in total. The summed E-state index contributed by atoms with van der Waals surface area (Å²) >= 11 is 6.12. The first-order valence-electron chi connectivity index (χ1n) is 6.63. The summed E-state index contributed by atoms with van der Waals surface area (Å²) in [4.78, 5) is 14.3. The molecule has 1 atom stereocenters. The van der Waals surface area contributed by atoms with Crippen molar-refractivity contribution in [1.82, 2.24) is 4.90 Å². The Morgan fingerprint density at radius 3 is 2.67 bits per heavy atom. The number of benzene rings is 1. The van der Waals surface area contributed by atoms with Gasteiger partial charge >= 0.3 is 6.03 Å². The smallest absolute Gasteiger partial charge is 0.314 e. The Labute approximate surface area is 111 Å². The minimum absolute atomic E-state index is 0.0734. The number of nitrogens with one attached hydrogen (secondary N) is 1. The summed E-state index contributed by atoms with van der Waals surface area (Å²) in [5, 5.41) is 3.76. The van der Waals surface area contributed by atoms with Gasteiger partial charge in [0.2, 0.25) is 0 Å². The Balaban J connectivity index is 1.82. The first kappa shape index (κ1) is 10.7. The number of carbonyl (C=O) groups is 1. The van der Waals surface area contributed by atoms with Crippen molar-refractivity contribution < 1.29 is 4.79 Å². The summed E-state index contributed by atoms with van der Waals surface area (Å²) in [6.45, 7) is 0. The molecule has 3 aliphatic rings. The van der Waals surface area contributed by atoms with E-state index < -0.39 is 0 Å². The number of hydrogen-bond acceptors (Lipinski definition) is 1. The molecule has 1 aliphatic heterocycles. The maximum Gasteiger partial charge on any atom is 0.322 e. The van der Waals surface area contributed by atoms with Crippen molar-refractivity contribution in [3.63, 3.8) is 0 Å². The Morgan fingerprint density at radius 1 is 1.22 bits per heavy atom. The fourth-order valence-electron chi connectivity index (χ4n) is 2.99. The van der Waals surface area contributed by atoms with Gasteiger partial charge in [-0.1, -0.05) is 11.6 Å². The van der Waals surface area contributed by atoms with Crippen molar-refractivity contribution in [3.8, 4) is 0 Å². The molecule has 4 rings (SSSR count). The predicted molar refractivity (Wildman–Crippen MR) is 70.8 cm³/mol. The van der Waals surface area contributed by atoms with E-state index >= 15 is 0 Å². The van der Waals surface area contributed by atoms with Gasteiger partial charge < -0.3 is 10.2 Å².